The molecule has 0 aliphatic carbocycles. The summed E-state index contributed by atoms with van der Waals surface area (Å²) in [6, 6.07) is 6.97. The van der Waals surface area contributed by atoms with Crippen LogP contribution < -0.4 is 5.32 Å². The molecular formula is C15H24FNOS. The second-order valence-corrected chi connectivity index (χ2v) is 5.89. The predicted molar refractivity (Wildman–Crippen MR) is 80.3 cm³/mol. The normalized spacial score (nSPS) is 12.9. The van der Waals surface area contributed by atoms with Crippen LogP contribution >= 0.6 is 11.8 Å². The molecule has 108 valence electrons. The molecule has 4 heteroatoms. The number of rotatable bonds is 9. The largest absolute Gasteiger partial charge is 0.377 e. The fourth-order valence-electron chi connectivity index (χ4n) is 1.55. The summed E-state index contributed by atoms with van der Waals surface area (Å²) in [5.41, 5.74) is 0. The molecule has 0 spiro atoms. The number of nitrogens with one attached hydrogen (secondary N) is 1. The fourth-order valence-corrected chi connectivity index (χ4v) is 2.49. The molecule has 0 saturated carbocycles. The van der Waals surface area contributed by atoms with Crippen molar-refractivity contribution in [1.82, 2.24) is 5.32 Å². The summed E-state index contributed by atoms with van der Waals surface area (Å²) >= 11 is 1.73. The van der Waals surface area contributed by atoms with Crippen molar-refractivity contribution in [1.29, 1.82) is 0 Å². The minimum Gasteiger partial charge on any atom is -0.377 e. The molecule has 0 aliphatic rings. The molecule has 1 rings (SSSR count). The molecule has 0 radical (unpaired) electrons. The number of ether oxygens (including phenoxy) is 1. The highest BCUT2D eigenvalue weighted by Gasteiger charge is 2.09. The Labute approximate surface area is 120 Å². The van der Waals surface area contributed by atoms with Crippen molar-refractivity contribution in [2.75, 3.05) is 18.9 Å². The van der Waals surface area contributed by atoms with E-state index in [0.29, 0.717) is 12.6 Å². The summed E-state index contributed by atoms with van der Waals surface area (Å²) < 4.78 is 18.5. The Kier molecular flexibility index (Phi) is 8.10. The minimum atomic E-state index is -0.187. The van der Waals surface area contributed by atoms with Crippen LogP contribution in [0.5, 0.6) is 0 Å². The first-order valence-corrected chi connectivity index (χ1v) is 7.83. The van der Waals surface area contributed by atoms with Crippen molar-refractivity contribution in [2.45, 2.75) is 44.2 Å². The van der Waals surface area contributed by atoms with Gasteiger partial charge < -0.3 is 10.1 Å². The van der Waals surface area contributed by atoms with Gasteiger partial charge >= 0.3 is 0 Å². The van der Waals surface area contributed by atoms with Gasteiger partial charge in [0, 0.05) is 16.7 Å². The van der Waals surface area contributed by atoms with Crippen molar-refractivity contribution in [3.8, 4) is 0 Å². The van der Waals surface area contributed by atoms with Crippen molar-refractivity contribution in [3.63, 3.8) is 0 Å². The number of halogens is 1. The van der Waals surface area contributed by atoms with Gasteiger partial charge in [0.25, 0.3) is 0 Å². The maximum absolute atomic E-state index is 12.8. The van der Waals surface area contributed by atoms with Crippen LogP contribution in [0.3, 0.4) is 0 Å². The molecular weight excluding hydrogens is 261 g/mol. The second-order valence-electron chi connectivity index (χ2n) is 4.80. The molecule has 0 fully saturated rings. The lowest BCUT2D eigenvalue weighted by molar-refractivity contribution is 0.0655. The Balaban J connectivity index is 2.39. The van der Waals surface area contributed by atoms with Crippen molar-refractivity contribution >= 4 is 11.8 Å². The van der Waals surface area contributed by atoms with Crippen LogP contribution in [0.15, 0.2) is 29.2 Å². The molecule has 0 heterocycles. The summed E-state index contributed by atoms with van der Waals surface area (Å²) in [5.74, 6) is 0.742. The van der Waals surface area contributed by atoms with Gasteiger partial charge in [-0.1, -0.05) is 6.92 Å². The number of hydrogen-bond acceptors (Lipinski definition) is 3. The smallest absolute Gasteiger partial charge is 0.123 e. The van der Waals surface area contributed by atoms with E-state index in [9.17, 15) is 4.39 Å². The molecule has 19 heavy (non-hydrogen) atoms. The van der Waals surface area contributed by atoms with Gasteiger partial charge in [0.2, 0.25) is 0 Å². The number of hydrogen-bond donors (Lipinski definition) is 1. The Morgan fingerprint density at radius 2 is 1.95 bits per heavy atom. The SMILES string of the molecule is CCCNC(COC(C)C)CSc1ccc(F)cc1. The Morgan fingerprint density at radius 3 is 2.53 bits per heavy atom. The van der Waals surface area contributed by atoms with Crippen LogP contribution in [0.4, 0.5) is 4.39 Å². The van der Waals surface area contributed by atoms with E-state index in [4.69, 9.17) is 4.74 Å². The molecule has 0 bridgehead atoms. The van der Waals surface area contributed by atoms with Crippen LogP contribution in [0.1, 0.15) is 27.2 Å². The highest BCUT2D eigenvalue weighted by atomic mass is 32.2. The van der Waals surface area contributed by atoms with Gasteiger partial charge in [0.05, 0.1) is 12.7 Å². The summed E-state index contributed by atoms with van der Waals surface area (Å²) in [7, 11) is 0. The van der Waals surface area contributed by atoms with Gasteiger partial charge in [0.1, 0.15) is 5.82 Å². The monoisotopic (exact) mass is 285 g/mol. The Hall–Kier alpha value is -0.580. The van der Waals surface area contributed by atoms with Crippen LogP contribution in [-0.4, -0.2) is 31.1 Å². The lowest BCUT2D eigenvalue weighted by Crippen LogP contribution is -2.37. The molecule has 1 unspecified atom stereocenters. The average Bonchev–Trinajstić information content (AvgIpc) is 2.39. The molecule has 0 aliphatic heterocycles. The van der Waals surface area contributed by atoms with E-state index in [2.05, 4.69) is 12.2 Å². The van der Waals surface area contributed by atoms with E-state index in [1.807, 2.05) is 26.0 Å². The third kappa shape index (κ3) is 7.55. The van der Waals surface area contributed by atoms with Crippen molar-refractivity contribution in [3.05, 3.63) is 30.1 Å². The van der Waals surface area contributed by atoms with E-state index in [-0.39, 0.29) is 11.9 Å². The zero-order chi connectivity index (χ0) is 14.1. The lowest BCUT2D eigenvalue weighted by atomic mass is 10.3. The molecule has 0 saturated heterocycles. The zero-order valence-electron chi connectivity index (χ0n) is 12.0. The van der Waals surface area contributed by atoms with Crippen LogP contribution in [-0.2, 0) is 4.74 Å². The third-order valence-corrected chi connectivity index (χ3v) is 3.75. The van der Waals surface area contributed by atoms with Crippen molar-refractivity contribution < 1.29 is 9.13 Å². The van der Waals surface area contributed by atoms with Crippen LogP contribution in [0.2, 0.25) is 0 Å². The van der Waals surface area contributed by atoms with Gasteiger partial charge in [-0.3, -0.25) is 0 Å². The maximum Gasteiger partial charge on any atom is 0.123 e. The first-order chi connectivity index (χ1) is 9.11. The predicted octanol–water partition coefficient (Wildman–Crippen LogP) is 3.71. The van der Waals surface area contributed by atoms with Gasteiger partial charge in [-0.2, -0.15) is 0 Å². The number of benzene rings is 1. The van der Waals surface area contributed by atoms with Crippen LogP contribution in [0.25, 0.3) is 0 Å². The molecule has 0 amide bonds. The molecule has 0 aromatic heterocycles. The van der Waals surface area contributed by atoms with Gasteiger partial charge in [-0.15, -0.1) is 11.8 Å². The molecule has 2 nitrogen and oxygen atoms in total. The van der Waals surface area contributed by atoms with E-state index in [0.717, 1.165) is 23.6 Å². The van der Waals surface area contributed by atoms with E-state index in [1.165, 1.54) is 12.1 Å². The first kappa shape index (κ1) is 16.5. The topological polar surface area (TPSA) is 21.3 Å². The minimum absolute atomic E-state index is 0.187. The van der Waals surface area contributed by atoms with E-state index in [1.54, 1.807) is 11.8 Å². The van der Waals surface area contributed by atoms with E-state index >= 15 is 0 Å². The second kappa shape index (κ2) is 9.34. The first-order valence-electron chi connectivity index (χ1n) is 6.85. The highest BCUT2D eigenvalue weighted by Crippen LogP contribution is 2.19. The van der Waals surface area contributed by atoms with Gasteiger partial charge in [0.15, 0.2) is 0 Å². The Bertz CT molecular complexity index is 343. The lowest BCUT2D eigenvalue weighted by Gasteiger charge is -2.19. The van der Waals surface area contributed by atoms with E-state index < -0.39 is 0 Å². The van der Waals surface area contributed by atoms with Crippen LogP contribution in [0, 0.1) is 5.82 Å². The Morgan fingerprint density at radius 1 is 1.26 bits per heavy atom. The molecule has 1 atom stereocenters. The fraction of sp³-hybridized carbons (Fsp3) is 0.600. The van der Waals surface area contributed by atoms with Crippen molar-refractivity contribution in [2.24, 2.45) is 0 Å². The van der Waals surface area contributed by atoms with Gasteiger partial charge in [-0.25, -0.2) is 4.39 Å². The standard InChI is InChI=1S/C15H24FNOS/c1-4-9-17-14(10-18-12(2)3)11-19-15-7-5-13(16)6-8-15/h5-8,12,14,17H,4,9-11H2,1-3H3. The van der Waals surface area contributed by atoms with Gasteiger partial charge in [-0.05, 0) is 51.1 Å². The zero-order valence-corrected chi connectivity index (χ0v) is 12.8. The molecule has 1 N–H and O–H groups in total. The molecule has 1 aromatic carbocycles. The summed E-state index contributed by atoms with van der Waals surface area (Å²) in [6.45, 7) is 7.95. The quantitative estimate of drug-likeness (QED) is 0.699. The summed E-state index contributed by atoms with van der Waals surface area (Å²) in [5, 5.41) is 3.49. The maximum atomic E-state index is 12.8. The summed E-state index contributed by atoms with van der Waals surface area (Å²) in [4.78, 5) is 1.09. The molecule has 1 aromatic rings. The number of thioether (sulfide) groups is 1. The average molecular weight is 285 g/mol. The summed E-state index contributed by atoms with van der Waals surface area (Å²) in [6.07, 6.45) is 1.36. The highest BCUT2D eigenvalue weighted by molar-refractivity contribution is 7.99. The third-order valence-electron chi connectivity index (χ3n) is 2.58.